The maximum Gasteiger partial charge on any atom is 0.356 e. The molecule has 0 aromatic heterocycles. The Morgan fingerprint density at radius 2 is 1.86 bits per heavy atom. The Morgan fingerprint density at radius 3 is 2.58 bits per heavy atom. The van der Waals surface area contributed by atoms with E-state index in [1.165, 1.54) is 12.1 Å². The molecule has 1 unspecified atom stereocenters. The van der Waals surface area contributed by atoms with Gasteiger partial charge >= 0.3 is 5.97 Å². The number of rotatable bonds is 10. The van der Waals surface area contributed by atoms with Crippen molar-refractivity contribution in [2.24, 2.45) is 5.41 Å². The van der Waals surface area contributed by atoms with Crippen molar-refractivity contribution in [1.82, 2.24) is 10.4 Å². The van der Waals surface area contributed by atoms with Crippen LogP contribution in [-0.4, -0.2) is 55.0 Å². The number of halogens is 1. The van der Waals surface area contributed by atoms with E-state index < -0.39 is 5.79 Å². The summed E-state index contributed by atoms with van der Waals surface area (Å²) in [5, 5.41) is 0. The molecule has 0 amide bonds. The molecular formula is C29H37FN2O4. The predicted molar refractivity (Wildman–Crippen MR) is 135 cm³/mol. The van der Waals surface area contributed by atoms with E-state index in [-0.39, 0.29) is 23.2 Å². The van der Waals surface area contributed by atoms with E-state index in [1.807, 2.05) is 30.3 Å². The third kappa shape index (κ3) is 5.49. The van der Waals surface area contributed by atoms with Crippen molar-refractivity contribution in [2.45, 2.75) is 69.7 Å². The molecule has 36 heavy (non-hydrogen) atoms. The first kappa shape index (κ1) is 25.3. The van der Waals surface area contributed by atoms with Crippen LogP contribution in [0.1, 0.15) is 61.4 Å². The number of hydroxylamine groups is 1. The SMILES string of the molecule is CCCN(CCCc1ccc(F)cc1)[C@@H]1CC12CC1(CC[C@H]2NOC(=O)c2ccccc2)OCCO1. The molecule has 194 valence electrons. The van der Waals surface area contributed by atoms with Crippen LogP contribution < -0.4 is 5.48 Å². The lowest BCUT2D eigenvalue weighted by Crippen LogP contribution is -2.52. The third-order valence-electron chi connectivity index (χ3n) is 8.08. The van der Waals surface area contributed by atoms with E-state index in [0.717, 1.165) is 63.6 Å². The van der Waals surface area contributed by atoms with E-state index in [9.17, 15) is 9.18 Å². The molecule has 2 spiro atoms. The molecule has 0 bridgehead atoms. The zero-order valence-corrected chi connectivity index (χ0v) is 21.1. The lowest BCUT2D eigenvalue weighted by Gasteiger charge is -2.43. The summed E-state index contributed by atoms with van der Waals surface area (Å²) in [6.45, 7) is 5.48. The molecule has 0 radical (unpaired) electrons. The van der Waals surface area contributed by atoms with Crippen LogP contribution in [0.4, 0.5) is 4.39 Å². The number of nitrogens with zero attached hydrogens (tertiary/aromatic N) is 1. The van der Waals surface area contributed by atoms with Crippen LogP contribution in [0.15, 0.2) is 54.6 Å². The van der Waals surface area contributed by atoms with Gasteiger partial charge in [-0.15, -0.1) is 5.48 Å². The Kier molecular flexibility index (Phi) is 7.72. The molecule has 6 nitrogen and oxygen atoms in total. The molecule has 3 aliphatic rings. The highest BCUT2D eigenvalue weighted by Crippen LogP contribution is 2.62. The molecule has 1 heterocycles. The summed E-state index contributed by atoms with van der Waals surface area (Å²) >= 11 is 0. The second-order valence-electron chi connectivity index (χ2n) is 10.5. The zero-order valence-electron chi connectivity index (χ0n) is 21.1. The van der Waals surface area contributed by atoms with Crippen molar-refractivity contribution in [2.75, 3.05) is 26.3 Å². The Morgan fingerprint density at radius 1 is 1.11 bits per heavy atom. The molecule has 2 aliphatic carbocycles. The summed E-state index contributed by atoms with van der Waals surface area (Å²) in [4.78, 5) is 20.8. The third-order valence-corrected chi connectivity index (χ3v) is 8.08. The van der Waals surface area contributed by atoms with Gasteiger partial charge in [-0.1, -0.05) is 37.3 Å². The smallest absolute Gasteiger partial charge is 0.356 e. The molecule has 1 N–H and O–H groups in total. The topological polar surface area (TPSA) is 60.0 Å². The van der Waals surface area contributed by atoms with E-state index >= 15 is 0 Å². The van der Waals surface area contributed by atoms with Crippen molar-refractivity contribution in [3.8, 4) is 0 Å². The summed E-state index contributed by atoms with van der Waals surface area (Å²) in [6, 6.07) is 16.3. The Hall–Kier alpha value is -2.32. The van der Waals surface area contributed by atoms with Gasteiger partial charge in [0.2, 0.25) is 0 Å². The van der Waals surface area contributed by atoms with Crippen molar-refractivity contribution >= 4 is 5.97 Å². The summed E-state index contributed by atoms with van der Waals surface area (Å²) in [5.41, 5.74) is 4.80. The Labute approximate surface area is 213 Å². The predicted octanol–water partition coefficient (Wildman–Crippen LogP) is 4.89. The average molecular weight is 497 g/mol. The van der Waals surface area contributed by atoms with Crippen molar-refractivity contribution in [1.29, 1.82) is 0 Å². The van der Waals surface area contributed by atoms with Gasteiger partial charge in [-0.2, -0.15) is 0 Å². The maximum atomic E-state index is 13.3. The number of ether oxygens (including phenoxy) is 2. The second kappa shape index (κ2) is 11.0. The highest BCUT2D eigenvalue weighted by atomic mass is 19.1. The lowest BCUT2D eigenvalue weighted by molar-refractivity contribution is -0.201. The van der Waals surface area contributed by atoms with Gasteiger partial charge in [-0.3, -0.25) is 4.90 Å². The quantitative estimate of drug-likeness (QED) is 0.473. The van der Waals surface area contributed by atoms with Gasteiger partial charge < -0.3 is 14.3 Å². The van der Waals surface area contributed by atoms with Gasteiger partial charge in [0, 0.05) is 24.3 Å². The van der Waals surface area contributed by atoms with E-state index in [2.05, 4.69) is 17.3 Å². The number of carbonyl (C=O) groups excluding carboxylic acids is 1. The largest absolute Gasteiger partial charge is 0.366 e. The van der Waals surface area contributed by atoms with Crippen molar-refractivity contribution in [3.05, 3.63) is 71.5 Å². The van der Waals surface area contributed by atoms with E-state index in [1.54, 1.807) is 12.1 Å². The first-order valence-corrected chi connectivity index (χ1v) is 13.3. The zero-order chi connectivity index (χ0) is 25.0. The van der Waals surface area contributed by atoms with E-state index in [0.29, 0.717) is 24.8 Å². The fraction of sp³-hybridized carbons (Fsp3) is 0.552. The standard InChI is InChI=1S/C29H37FN2O4/c1-2-16-32(17-6-7-22-10-12-24(30)13-11-22)26-20-28(26)21-29(34-18-19-35-29)15-14-25(28)31-36-27(33)23-8-4-3-5-9-23/h3-5,8-13,25-26,31H,2,6-7,14-21H2,1H3/t25-,26-,28?/m1/s1. The molecule has 1 saturated heterocycles. The van der Waals surface area contributed by atoms with Gasteiger partial charge in [-0.05, 0) is 75.0 Å². The molecule has 3 fully saturated rings. The van der Waals surface area contributed by atoms with Crippen LogP contribution in [0, 0.1) is 11.2 Å². The van der Waals surface area contributed by atoms with Crippen molar-refractivity contribution in [3.63, 3.8) is 0 Å². The van der Waals surface area contributed by atoms with Gasteiger partial charge in [0.25, 0.3) is 0 Å². The lowest BCUT2D eigenvalue weighted by atomic mass is 9.77. The molecule has 3 atom stereocenters. The second-order valence-corrected chi connectivity index (χ2v) is 10.5. The summed E-state index contributed by atoms with van der Waals surface area (Å²) in [6.07, 6.45) is 6.46. The fourth-order valence-electron chi connectivity index (χ4n) is 6.25. The number of hydrogen-bond donors (Lipinski definition) is 1. The van der Waals surface area contributed by atoms with Crippen LogP contribution in [0.3, 0.4) is 0 Å². The summed E-state index contributed by atoms with van der Waals surface area (Å²) in [7, 11) is 0. The number of carbonyl (C=O) groups is 1. The van der Waals surface area contributed by atoms with Gasteiger partial charge in [-0.25, -0.2) is 9.18 Å². The molecular weight excluding hydrogens is 459 g/mol. The maximum absolute atomic E-state index is 13.3. The summed E-state index contributed by atoms with van der Waals surface area (Å²) in [5.74, 6) is -1.07. The molecule has 5 rings (SSSR count). The van der Waals surface area contributed by atoms with Crippen LogP contribution >= 0.6 is 0 Å². The minimum absolute atomic E-state index is 0.0463. The highest BCUT2D eigenvalue weighted by Gasteiger charge is 2.67. The number of benzene rings is 2. The van der Waals surface area contributed by atoms with Crippen LogP contribution in [0.2, 0.25) is 0 Å². The molecule has 7 heteroatoms. The van der Waals surface area contributed by atoms with Crippen molar-refractivity contribution < 1.29 is 23.5 Å². The normalized spacial score (nSPS) is 26.5. The summed E-state index contributed by atoms with van der Waals surface area (Å²) < 4.78 is 25.5. The number of nitrogens with one attached hydrogen (secondary N) is 1. The van der Waals surface area contributed by atoms with Crippen LogP contribution in [0.5, 0.6) is 0 Å². The average Bonchev–Trinajstić information content (AvgIpc) is 3.41. The number of aryl methyl sites for hydroxylation is 1. The van der Waals surface area contributed by atoms with Crippen LogP contribution in [-0.2, 0) is 20.7 Å². The molecule has 2 aromatic rings. The minimum atomic E-state index is -0.512. The monoisotopic (exact) mass is 496 g/mol. The number of hydrogen-bond acceptors (Lipinski definition) is 6. The van der Waals surface area contributed by atoms with Crippen LogP contribution in [0.25, 0.3) is 0 Å². The Bertz CT molecular complexity index is 1010. The molecule has 1 aliphatic heterocycles. The fourth-order valence-corrected chi connectivity index (χ4v) is 6.25. The van der Waals surface area contributed by atoms with Gasteiger partial charge in [0.15, 0.2) is 5.79 Å². The van der Waals surface area contributed by atoms with E-state index in [4.69, 9.17) is 14.3 Å². The first-order valence-electron chi connectivity index (χ1n) is 13.3. The molecule has 2 saturated carbocycles. The van der Waals surface area contributed by atoms with Gasteiger partial charge in [0.1, 0.15) is 5.82 Å². The Balaban J connectivity index is 1.26. The molecule has 2 aromatic carbocycles. The first-order chi connectivity index (χ1) is 17.5. The minimum Gasteiger partial charge on any atom is -0.366 e. The highest BCUT2D eigenvalue weighted by molar-refractivity contribution is 5.89. The van der Waals surface area contributed by atoms with Gasteiger partial charge in [0.05, 0.1) is 24.8 Å².